The number of carbonyl (C=O) groups is 2. The number of benzene rings is 1. The van der Waals surface area contributed by atoms with Gasteiger partial charge in [0.2, 0.25) is 5.91 Å². The zero-order chi connectivity index (χ0) is 24.0. The van der Waals surface area contributed by atoms with E-state index in [0.717, 1.165) is 43.4 Å². The molecule has 0 saturated heterocycles. The zero-order valence-electron chi connectivity index (χ0n) is 20.2. The summed E-state index contributed by atoms with van der Waals surface area (Å²) < 4.78 is 5.90. The summed E-state index contributed by atoms with van der Waals surface area (Å²) in [4.78, 5) is 30.0. The average Bonchev–Trinajstić information content (AvgIpc) is 3.31. The van der Waals surface area contributed by atoms with E-state index >= 15 is 0 Å². The van der Waals surface area contributed by atoms with Gasteiger partial charge in [-0.2, -0.15) is 0 Å². The number of carbonyl (C=O) groups excluding carboxylic acids is 2. The lowest BCUT2D eigenvalue weighted by Crippen LogP contribution is -2.46. The van der Waals surface area contributed by atoms with Gasteiger partial charge in [0.05, 0.1) is 0 Å². The SMILES string of the molecule is CC(=O)OC1CC(CCC(=O)Nc2ncc(C)s2)C2C3CCc4cc(O)ccc4C3CCC12C. The lowest BCUT2D eigenvalue weighted by molar-refractivity contribution is -0.154. The fourth-order valence-corrected chi connectivity index (χ4v) is 8.07. The van der Waals surface area contributed by atoms with Gasteiger partial charge in [-0.15, -0.1) is 11.3 Å². The van der Waals surface area contributed by atoms with Gasteiger partial charge in [-0.3, -0.25) is 9.59 Å². The lowest BCUT2D eigenvalue weighted by atomic mass is 9.53. The molecule has 1 aromatic carbocycles. The molecular formula is C27H34N2O4S. The summed E-state index contributed by atoms with van der Waals surface area (Å²) in [5.41, 5.74) is 2.59. The second-order valence-electron chi connectivity index (χ2n) is 10.7. The first kappa shape index (κ1) is 23.3. The van der Waals surface area contributed by atoms with Crippen molar-refractivity contribution in [2.24, 2.45) is 23.2 Å². The van der Waals surface area contributed by atoms with E-state index in [4.69, 9.17) is 4.74 Å². The van der Waals surface area contributed by atoms with Gasteiger partial charge in [0.1, 0.15) is 11.9 Å². The van der Waals surface area contributed by atoms with Crippen LogP contribution in [-0.4, -0.2) is 28.1 Å². The molecule has 6 unspecified atom stereocenters. The van der Waals surface area contributed by atoms with Gasteiger partial charge < -0.3 is 15.2 Å². The maximum absolute atomic E-state index is 12.7. The van der Waals surface area contributed by atoms with Crippen molar-refractivity contribution in [3.05, 3.63) is 40.4 Å². The number of ether oxygens (including phenoxy) is 1. The second kappa shape index (κ2) is 8.99. The van der Waals surface area contributed by atoms with E-state index in [1.165, 1.54) is 29.4 Å². The van der Waals surface area contributed by atoms with Gasteiger partial charge in [-0.25, -0.2) is 4.98 Å². The number of amides is 1. The number of hydrogen-bond acceptors (Lipinski definition) is 6. The molecule has 2 saturated carbocycles. The summed E-state index contributed by atoms with van der Waals surface area (Å²) in [6, 6.07) is 5.85. The van der Waals surface area contributed by atoms with Gasteiger partial charge in [-0.1, -0.05) is 13.0 Å². The van der Waals surface area contributed by atoms with Crippen LogP contribution in [0.4, 0.5) is 5.13 Å². The molecule has 6 atom stereocenters. The number of nitrogens with one attached hydrogen (secondary N) is 1. The van der Waals surface area contributed by atoms with Crippen molar-refractivity contribution in [1.29, 1.82) is 0 Å². The third-order valence-electron chi connectivity index (χ3n) is 8.68. The highest BCUT2D eigenvalue weighted by Crippen LogP contribution is 2.64. The smallest absolute Gasteiger partial charge is 0.302 e. The number of thiazole rings is 1. The third kappa shape index (κ3) is 4.23. The van der Waals surface area contributed by atoms with Crippen LogP contribution in [-0.2, 0) is 20.7 Å². The summed E-state index contributed by atoms with van der Waals surface area (Å²) in [7, 11) is 0. The third-order valence-corrected chi connectivity index (χ3v) is 9.51. The first-order valence-electron chi connectivity index (χ1n) is 12.5. The van der Waals surface area contributed by atoms with Gasteiger partial charge in [0, 0.05) is 29.8 Å². The number of aromatic hydroxyl groups is 1. The molecule has 34 heavy (non-hydrogen) atoms. The molecule has 2 aromatic rings. The van der Waals surface area contributed by atoms with Crippen molar-refractivity contribution in [3.8, 4) is 5.75 Å². The van der Waals surface area contributed by atoms with E-state index < -0.39 is 0 Å². The first-order chi connectivity index (χ1) is 16.2. The Bertz CT molecular complexity index is 1100. The fraction of sp³-hybridized carbons (Fsp3) is 0.593. The molecule has 182 valence electrons. The highest BCUT2D eigenvalue weighted by atomic mass is 32.1. The molecule has 3 aliphatic carbocycles. The maximum Gasteiger partial charge on any atom is 0.302 e. The van der Waals surface area contributed by atoms with E-state index in [0.29, 0.717) is 41.0 Å². The van der Waals surface area contributed by atoms with Crippen LogP contribution in [0.25, 0.3) is 0 Å². The molecular weight excluding hydrogens is 448 g/mol. The summed E-state index contributed by atoms with van der Waals surface area (Å²) in [5, 5.41) is 13.6. The normalized spacial score (nSPS) is 31.8. The molecule has 1 heterocycles. The van der Waals surface area contributed by atoms with Crippen molar-refractivity contribution in [2.45, 2.75) is 77.7 Å². The molecule has 1 aromatic heterocycles. The van der Waals surface area contributed by atoms with Crippen LogP contribution in [0.1, 0.15) is 74.3 Å². The standard InChI is InChI=1S/C27H34N2O4S/c1-15-14-28-26(34-15)29-24(32)9-5-18-13-23(33-16(2)30)27(3)11-10-21-20-8-6-19(31)12-17(20)4-7-22(21)25(18)27/h6,8,12,14,18,21-23,25,31H,4-5,7,9-11,13H2,1-3H3,(H,28,29,32). The Morgan fingerprint density at radius 3 is 2.88 bits per heavy atom. The Balaban J connectivity index is 1.37. The predicted molar refractivity (Wildman–Crippen MR) is 132 cm³/mol. The van der Waals surface area contributed by atoms with Gasteiger partial charge in [-0.05, 0) is 92.4 Å². The number of phenolic OH excluding ortho intramolecular Hbond substituents is 1. The Morgan fingerprint density at radius 1 is 1.32 bits per heavy atom. The van der Waals surface area contributed by atoms with E-state index in [9.17, 15) is 14.7 Å². The highest BCUT2D eigenvalue weighted by molar-refractivity contribution is 7.15. The summed E-state index contributed by atoms with van der Waals surface area (Å²) in [6.07, 6.45) is 7.88. The first-order valence-corrected chi connectivity index (χ1v) is 13.3. The minimum absolute atomic E-state index is 0.00353. The van der Waals surface area contributed by atoms with Gasteiger partial charge >= 0.3 is 5.97 Å². The number of aryl methyl sites for hydroxylation is 2. The minimum atomic E-state index is -0.214. The Hall–Kier alpha value is -2.41. The molecule has 7 heteroatoms. The molecule has 0 spiro atoms. The van der Waals surface area contributed by atoms with Crippen LogP contribution >= 0.6 is 11.3 Å². The fourth-order valence-electron chi connectivity index (χ4n) is 7.39. The number of phenols is 1. The van der Waals surface area contributed by atoms with Crippen molar-refractivity contribution in [3.63, 3.8) is 0 Å². The summed E-state index contributed by atoms with van der Waals surface area (Å²) in [5.74, 6) is 1.85. The Labute approximate surface area is 205 Å². The quantitative estimate of drug-likeness (QED) is 0.543. The minimum Gasteiger partial charge on any atom is -0.508 e. The second-order valence-corrected chi connectivity index (χ2v) is 12.0. The number of fused-ring (bicyclic) bond motifs is 5. The van der Waals surface area contributed by atoms with Crippen molar-refractivity contribution in [2.75, 3.05) is 5.32 Å². The van der Waals surface area contributed by atoms with Crippen molar-refractivity contribution >= 4 is 28.3 Å². The van der Waals surface area contributed by atoms with Crippen molar-refractivity contribution in [1.82, 2.24) is 4.98 Å². The summed E-state index contributed by atoms with van der Waals surface area (Å²) >= 11 is 1.49. The van der Waals surface area contributed by atoms with Crippen LogP contribution in [0.5, 0.6) is 5.75 Å². The van der Waals surface area contributed by atoms with Gasteiger partial charge in [0.25, 0.3) is 0 Å². The number of rotatable bonds is 5. The maximum atomic E-state index is 12.7. The molecule has 2 N–H and O–H groups in total. The van der Waals surface area contributed by atoms with Crippen LogP contribution in [0, 0.1) is 30.1 Å². The molecule has 2 fully saturated rings. The highest BCUT2D eigenvalue weighted by Gasteiger charge is 2.59. The van der Waals surface area contributed by atoms with Gasteiger partial charge in [0.15, 0.2) is 5.13 Å². The molecule has 1 amide bonds. The largest absolute Gasteiger partial charge is 0.508 e. The van der Waals surface area contributed by atoms with E-state index in [1.807, 2.05) is 19.1 Å². The van der Waals surface area contributed by atoms with Crippen LogP contribution in [0.3, 0.4) is 0 Å². The van der Waals surface area contributed by atoms with E-state index in [-0.39, 0.29) is 23.4 Å². The number of esters is 1. The predicted octanol–water partition coefficient (Wildman–Crippen LogP) is 5.59. The lowest BCUT2D eigenvalue weighted by Gasteiger charge is -2.51. The number of nitrogens with zero attached hydrogens (tertiary/aromatic N) is 1. The monoisotopic (exact) mass is 482 g/mol. The van der Waals surface area contributed by atoms with Crippen LogP contribution < -0.4 is 5.32 Å². The molecule has 5 rings (SSSR count). The molecule has 0 bridgehead atoms. The summed E-state index contributed by atoms with van der Waals surface area (Å²) in [6.45, 7) is 5.79. The zero-order valence-corrected chi connectivity index (χ0v) is 21.0. The Morgan fingerprint density at radius 2 is 2.15 bits per heavy atom. The van der Waals surface area contributed by atoms with E-state index in [2.05, 4.69) is 23.3 Å². The number of hydrogen-bond donors (Lipinski definition) is 2. The topological polar surface area (TPSA) is 88.5 Å². The van der Waals surface area contributed by atoms with E-state index in [1.54, 1.807) is 6.20 Å². The number of aromatic nitrogens is 1. The molecule has 0 aliphatic heterocycles. The molecule has 0 radical (unpaired) electrons. The van der Waals surface area contributed by atoms with Crippen LogP contribution in [0.15, 0.2) is 24.4 Å². The van der Waals surface area contributed by atoms with Crippen molar-refractivity contribution < 1.29 is 19.4 Å². The molecule has 6 nitrogen and oxygen atoms in total. The van der Waals surface area contributed by atoms with Crippen LogP contribution in [0.2, 0.25) is 0 Å². The Kier molecular flexibility index (Phi) is 6.17. The number of anilines is 1. The molecule has 3 aliphatic rings. The average molecular weight is 483 g/mol.